The van der Waals surface area contributed by atoms with Gasteiger partial charge in [-0.25, -0.2) is 0 Å². The highest BCUT2D eigenvalue weighted by Gasteiger charge is 2.52. The second kappa shape index (κ2) is 4.32. The van der Waals surface area contributed by atoms with Gasteiger partial charge in [-0.2, -0.15) is 0 Å². The Kier molecular flexibility index (Phi) is 3.19. The number of ketones is 1. The van der Waals surface area contributed by atoms with E-state index in [0.717, 1.165) is 0 Å². The number of carbonyl (C=O) groups is 1. The van der Waals surface area contributed by atoms with E-state index in [1.807, 2.05) is 27.7 Å². The zero-order valence-electron chi connectivity index (χ0n) is 11.9. The molecule has 1 N–H and O–H groups in total. The first-order valence-corrected chi connectivity index (χ1v) is 6.23. The molecule has 0 bridgehead atoms. The second-order valence-corrected chi connectivity index (χ2v) is 5.83. The summed E-state index contributed by atoms with van der Waals surface area (Å²) in [5, 5.41) is 0. The predicted octanol–water partition coefficient (Wildman–Crippen LogP) is 0.877. The number of rotatable bonds is 2. The predicted molar refractivity (Wildman–Crippen MR) is 72.8 cm³/mol. The van der Waals surface area contributed by atoms with Crippen molar-refractivity contribution in [3.63, 3.8) is 0 Å². The summed E-state index contributed by atoms with van der Waals surface area (Å²) in [6, 6.07) is 2.67. The summed E-state index contributed by atoms with van der Waals surface area (Å²) in [7, 11) is -0.669. The van der Waals surface area contributed by atoms with Crippen molar-refractivity contribution in [1.29, 1.82) is 0 Å². The van der Waals surface area contributed by atoms with Crippen molar-refractivity contribution in [3.8, 4) is 0 Å². The Hall–Kier alpha value is -1.40. The van der Waals surface area contributed by atoms with E-state index in [1.165, 1.54) is 19.1 Å². The van der Waals surface area contributed by atoms with Gasteiger partial charge in [0.05, 0.1) is 16.9 Å². The summed E-state index contributed by atoms with van der Waals surface area (Å²) < 4.78 is 11.7. The molecule has 102 valence electrons. The number of carbonyl (C=O) groups excluding carboxylic acids is 1. The molecule has 0 radical (unpaired) electrons. The number of H-pyrrole nitrogens is 1. The highest BCUT2D eigenvalue weighted by Crippen LogP contribution is 2.36. The Morgan fingerprint density at radius 3 is 2.16 bits per heavy atom. The Morgan fingerprint density at radius 2 is 1.68 bits per heavy atom. The molecule has 0 saturated carbocycles. The third kappa shape index (κ3) is 2.50. The normalized spacial score (nSPS) is 20.6. The summed E-state index contributed by atoms with van der Waals surface area (Å²) >= 11 is 0. The lowest BCUT2D eigenvalue weighted by Gasteiger charge is -2.32. The Labute approximate surface area is 112 Å². The zero-order valence-corrected chi connectivity index (χ0v) is 11.9. The van der Waals surface area contributed by atoms with E-state index in [4.69, 9.17) is 9.31 Å². The molecule has 5 nitrogen and oxygen atoms in total. The fourth-order valence-corrected chi connectivity index (χ4v) is 1.85. The van der Waals surface area contributed by atoms with Crippen LogP contribution in [0.3, 0.4) is 0 Å². The molecule has 1 aliphatic heterocycles. The van der Waals surface area contributed by atoms with Gasteiger partial charge in [-0.15, -0.1) is 0 Å². The lowest BCUT2D eigenvalue weighted by atomic mass is 9.84. The zero-order chi connectivity index (χ0) is 14.4. The maximum atomic E-state index is 11.6. The number of Topliss-reactive ketones (excluding diaryl/α,β-unsaturated/α-hetero) is 1. The average Bonchev–Trinajstić information content (AvgIpc) is 2.47. The Bertz CT molecular complexity index is 560. The maximum Gasteiger partial charge on any atom is 0.512 e. The fourth-order valence-electron chi connectivity index (χ4n) is 1.85. The molecule has 6 heteroatoms. The standard InChI is InChI=1S/C13H18BNO4/c1-8(16)10-6-9(17)7-11(15-10)14-18-12(2,3)13(4,5)19-14/h6-7H,1-5H3,(H,15,17). The molecule has 0 unspecified atom stereocenters. The van der Waals surface area contributed by atoms with Crippen LogP contribution in [0.4, 0.5) is 0 Å². The molecule has 0 amide bonds. The third-order valence-corrected chi connectivity index (χ3v) is 3.75. The first-order chi connectivity index (χ1) is 8.62. The van der Waals surface area contributed by atoms with Gasteiger partial charge in [-0.05, 0) is 27.7 Å². The molecular formula is C13H18BNO4. The van der Waals surface area contributed by atoms with Crippen LogP contribution in [-0.4, -0.2) is 29.1 Å². The monoisotopic (exact) mass is 263 g/mol. The van der Waals surface area contributed by atoms with Crippen LogP contribution >= 0.6 is 0 Å². The Morgan fingerprint density at radius 1 is 1.16 bits per heavy atom. The number of hydrogen-bond acceptors (Lipinski definition) is 4. The maximum absolute atomic E-state index is 11.6. The van der Waals surface area contributed by atoms with Crippen LogP contribution < -0.4 is 11.0 Å². The minimum atomic E-state index is -0.669. The van der Waals surface area contributed by atoms with E-state index < -0.39 is 18.3 Å². The summed E-state index contributed by atoms with van der Waals surface area (Å²) in [4.78, 5) is 25.9. The van der Waals surface area contributed by atoms with E-state index in [9.17, 15) is 9.59 Å². The van der Waals surface area contributed by atoms with Crippen LogP contribution in [-0.2, 0) is 9.31 Å². The first kappa shape index (κ1) is 14.0. The van der Waals surface area contributed by atoms with Crippen molar-refractivity contribution >= 4 is 18.5 Å². The minimum absolute atomic E-state index is 0.199. The first-order valence-electron chi connectivity index (χ1n) is 6.23. The summed E-state index contributed by atoms with van der Waals surface area (Å²) in [6.45, 7) is 9.12. The molecule has 0 atom stereocenters. The van der Waals surface area contributed by atoms with E-state index >= 15 is 0 Å². The molecule has 0 aromatic carbocycles. The van der Waals surface area contributed by atoms with Crippen molar-refractivity contribution in [1.82, 2.24) is 4.98 Å². The molecule has 1 saturated heterocycles. The van der Waals surface area contributed by atoms with E-state index in [0.29, 0.717) is 5.59 Å². The smallest absolute Gasteiger partial charge is 0.398 e. The lowest BCUT2D eigenvalue weighted by Crippen LogP contribution is -2.41. The highest BCUT2D eigenvalue weighted by molar-refractivity contribution is 6.61. The second-order valence-electron chi connectivity index (χ2n) is 5.83. The van der Waals surface area contributed by atoms with Crippen LogP contribution in [0.5, 0.6) is 0 Å². The van der Waals surface area contributed by atoms with E-state index in [-0.39, 0.29) is 16.9 Å². The molecular weight excluding hydrogens is 245 g/mol. The lowest BCUT2D eigenvalue weighted by molar-refractivity contribution is 0.00578. The van der Waals surface area contributed by atoms with Crippen LogP contribution in [0.2, 0.25) is 0 Å². The van der Waals surface area contributed by atoms with Crippen molar-refractivity contribution in [2.24, 2.45) is 0 Å². The molecule has 0 spiro atoms. The highest BCUT2D eigenvalue weighted by atomic mass is 16.7. The summed E-state index contributed by atoms with van der Waals surface area (Å²) in [6.07, 6.45) is 0. The van der Waals surface area contributed by atoms with Crippen LogP contribution in [0.1, 0.15) is 45.1 Å². The number of nitrogens with one attached hydrogen (secondary N) is 1. The molecule has 1 fully saturated rings. The molecule has 19 heavy (non-hydrogen) atoms. The van der Waals surface area contributed by atoms with Gasteiger partial charge < -0.3 is 14.3 Å². The van der Waals surface area contributed by atoms with Crippen molar-refractivity contribution in [2.45, 2.75) is 45.8 Å². The van der Waals surface area contributed by atoms with Gasteiger partial charge in [0, 0.05) is 24.6 Å². The van der Waals surface area contributed by atoms with Gasteiger partial charge in [0.2, 0.25) is 0 Å². The van der Waals surface area contributed by atoms with Gasteiger partial charge in [0.15, 0.2) is 11.2 Å². The van der Waals surface area contributed by atoms with Gasteiger partial charge in [0.25, 0.3) is 0 Å². The average molecular weight is 263 g/mol. The van der Waals surface area contributed by atoms with Crippen LogP contribution in [0.15, 0.2) is 16.9 Å². The molecule has 2 heterocycles. The van der Waals surface area contributed by atoms with Crippen molar-refractivity contribution < 1.29 is 14.1 Å². The van der Waals surface area contributed by atoms with Gasteiger partial charge >= 0.3 is 7.12 Å². The van der Waals surface area contributed by atoms with Gasteiger partial charge in [-0.1, -0.05) is 0 Å². The van der Waals surface area contributed by atoms with E-state index in [1.54, 1.807) is 0 Å². The topological polar surface area (TPSA) is 68.4 Å². The molecule has 1 aromatic rings. The number of aromatic nitrogens is 1. The largest absolute Gasteiger partial charge is 0.512 e. The minimum Gasteiger partial charge on any atom is -0.398 e. The quantitative estimate of drug-likeness (QED) is 0.635. The van der Waals surface area contributed by atoms with Crippen LogP contribution in [0, 0.1) is 0 Å². The summed E-state index contributed by atoms with van der Waals surface area (Å²) in [5.74, 6) is -0.199. The molecule has 1 aromatic heterocycles. The van der Waals surface area contributed by atoms with Crippen molar-refractivity contribution in [3.05, 3.63) is 28.0 Å². The Balaban J connectivity index is 2.40. The fraction of sp³-hybridized carbons (Fsp3) is 0.538. The summed E-state index contributed by atoms with van der Waals surface area (Å²) in [5.41, 5.74) is -0.482. The van der Waals surface area contributed by atoms with E-state index in [2.05, 4.69) is 4.98 Å². The number of aromatic amines is 1. The number of pyridine rings is 1. The third-order valence-electron chi connectivity index (χ3n) is 3.75. The SMILES string of the molecule is CC(=O)c1cc(=O)cc(B2OC(C)(C)C(C)(C)O2)[nH]1. The van der Waals surface area contributed by atoms with Gasteiger partial charge in [0.1, 0.15) is 0 Å². The number of hydrogen-bond donors (Lipinski definition) is 1. The van der Waals surface area contributed by atoms with Gasteiger partial charge in [-0.3, -0.25) is 9.59 Å². The molecule has 2 rings (SSSR count). The van der Waals surface area contributed by atoms with Crippen molar-refractivity contribution in [2.75, 3.05) is 0 Å². The molecule has 1 aliphatic rings. The molecule has 0 aliphatic carbocycles. The van der Waals surface area contributed by atoms with Crippen LogP contribution in [0.25, 0.3) is 0 Å².